The van der Waals surface area contributed by atoms with Crippen LogP contribution in [0.3, 0.4) is 0 Å². The normalized spacial score (nSPS) is 12.9. The number of rotatable bonds is 14. The third kappa shape index (κ3) is 15.8. The molecule has 3 nitrogen and oxygen atoms in total. The van der Waals surface area contributed by atoms with Gasteiger partial charge in [-0.1, -0.05) is 63.8 Å². The van der Waals surface area contributed by atoms with E-state index in [1.54, 1.807) is 6.92 Å². The quantitative estimate of drug-likeness (QED) is 0.264. The number of allylic oxidation sites excluding steroid dienone is 2. The van der Waals surface area contributed by atoms with Crippen molar-refractivity contribution in [2.75, 3.05) is 13.1 Å². The number of hydrogen-bond acceptors (Lipinski definition) is 3. The molecular weight excluding hydrogens is 313 g/mol. The first-order chi connectivity index (χ1) is 10.6. The Morgan fingerprint density at radius 3 is 1.70 bits per heavy atom. The van der Waals surface area contributed by atoms with Crippen molar-refractivity contribution in [3.05, 3.63) is 24.3 Å². The monoisotopic (exact) mass is 347 g/mol. The first kappa shape index (κ1) is 25.8. The summed E-state index contributed by atoms with van der Waals surface area (Å²) >= 11 is 0. The van der Waals surface area contributed by atoms with Crippen LogP contribution in [-0.2, 0) is 4.79 Å². The van der Waals surface area contributed by atoms with Gasteiger partial charge in [0.05, 0.1) is 5.97 Å². The first-order valence-electron chi connectivity index (χ1n) is 8.88. The molecular formula is C19H34KNO2. The molecule has 0 amide bonds. The molecule has 0 heterocycles. The molecule has 0 aliphatic rings. The van der Waals surface area contributed by atoms with Gasteiger partial charge in [-0.2, -0.15) is 0 Å². The molecule has 0 radical (unpaired) electrons. The maximum Gasteiger partial charge on any atom is 1.00 e. The summed E-state index contributed by atoms with van der Waals surface area (Å²) in [5.41, 5.74) is 0. The maximum absolute atomic E-state index is 11.1. The van der Waals surface area contributed by atoms with Gasteiger partial charge < -0.3 is 9.90 Å². The number of carbonyl (C=O) groups is 1. The molecule has 1 atom stereocenters. The minimum absolute atomic E-state index is 0. The standard InChI is InChI=1S/C19H35NO2.K/c1-4-6-8-10-12-14-16-20(18(3)19(21)22)17-15-13-11-9-7-5-2;/h12-15,18H,4-11,16-17H2,1-3H3,(H,21,22);/q;+1/p-1/b14-12+,15-13+;. The maximum atomic E-state index is 11.1. The van der Waals surface area contributed by atoms with E-state index in [1.165, 1.54) is 38.5 Å². The van der Waals surface area contributed by atoms with E-state index >= 15 is 0 Å². The van der Waals surface area contributed by atoms with E-state index in [0.29, 0.717) is 13.1 Å². The Morgan fingerprint density at radius 2 is 1.35 bits per heavy atom. The second kappa shape index (κ2) is 18.9. The van der Waals surface area contributed by atoms with Crippen molar-refractivity contribution in [2.24, 2.45) is 0 Å². The molecule has 0 bridgehead atoms. The van der Waals surface area contributed by atoms with Crippen LogP contribution in [0.15, 0.2) is 24.3 Å². The van der Waals surface area contributed by atoms with Crippen LogP contribution < -0.4 is 56.5 Å². The smallest absolute Gasteiger partial charge is 0.548 e. The van der Waals surface area contributed by atoms with Crippen molar-refractivity contribution < 1.29 is 61.3 Å². The zero-order valence-corrected chi connectivity index (χ0v) is 18.8. The Hall–Kier alpha value is 0.546. The van der Waals surface area contributed by atoms with Gasteiger partial charge in [-0.05, 0) is 32.6 Å². The molecule has 0 rings (SSSR count). The second-order valence-corrected chi connectivity index (χ2v) is 5.88. The summed E-state index contributed by atoms with van der Waals surface area (Å²) in [6, 6.07) is -0.555. The van der Waals surface area contributed by atoms with Crippen molar-refractivity contribution >= 4 is 5.97 Å². The number of carboxylic acids is 1. The molecule has 23 heavy (non-hydrogen) atoms. The average Bonchev–Trinajstić information content (AvgIpc) is 2.51. The summed E-state index contributed by atoms with van der Waals surface area (Å²) in [5, 5.41) is 11.1. The van der Waals surface area contributed by atoms with Crippen LogP contribution in [0.4, 0.5) is 0 Å². The van der Waals surface area contributed by atoms with Gasteiger partial charge in [0.2, 0.25) is 0 Å². The number of unbranched alkanes of at least 4 members (excludes halogenated alkanes) is 6. The van der Waals surface area contributed by atoms with Gasteiger partial charge in [-0.3, -0.25) is 4.90 Å². The van der Waals surface area contributed by atoms with Gasteiger partial charge >= 0.3 is 51.4 Å². The number of carboxylic acid groups (broad SMARTS) is 1. The zero-order chi connectivity index (χ0) is 16.6. The van der Waals surface area contributed by atoms with E-state index in [1.807, 2.05) is 4.90 Å². The van der Waals surface area contributed by atoms with Gasteiger partial charge in [0.1, 0.15) is 0 Å². The minimum Gasteiger partial charge on any atom is -0.548 e. The molecule has 0 spiro atoms. The van der Waals surface area contributed by atoms with Crippen molar-refractivity contribution in [1.29, 1.82) is 0 Å². The van der Waals surface area contributed by atoms with Gasteiger partial charge in [0.15, 0.2) is 0 Å². The molecule has 1 unspecified atom stereocenters. The van der Waals surface area contributed by atoms with Crippen LogP contribution in [0.2, 0.25) is 0 Å². The van der Waals surface area contributed by atoms with E-state index in [-0.39, 0.29) is 51.4 Å². The summed E-state index contributed by atoms with van der Waals surface area (Å²) in [6.45, 7) is 7.42. The van der Waals surface area contributed by atoms with Gasteiger partial charge in [-0.15, -0.1) is 0 Å². The Morgan fingerprint density at radius 1 is 0.913 bits per heavy atom. The van der Waals surface area contributed by atoms with Crippen molar-refractivity contribution in [1.82, 2.24) is 4.90 Å². The van der Waals surface area contributed by atoms with E-state index in [2.05, 4.69) is 38.2 Å². The Bertz CT molecular complexity index is 307. The van der Waals surface area contributed by atoms with Crippen molar-refractivity contribution in [2.45, 2.75) is 78.2 Å². The van der Waals surface area contributed by atoms with Gasteiger partial charge in [0, 0.05) is 19.1 Å². The Labute approximate surface area is 186 Å². The molecule has 0 aromatic carbocycles. The van der Waals surface area contributed by atoms with Crippen molar-refractivity contribution in [3.8, 4) is 0 Å². The summed E-state index contributed by atoms with van der Waals surface area (Å²) < 4.78 is 0. The van der Waals surface area contributed by atoms with Gasteiger partial charge in [0.25, 0.3) is 0 Å². The van der Waals surface area contributed by atoms with Crippen LogP contribution in [0.25, 0.3) is 0 Å². The third-order valence-corrected chi connectivity index (χ3v) is 3.85. The summed E-state index contributed by atoms with van der Waals surface area (Å²) in [6.07, 6.45) is 18.0. The summed E-state index contributed by atoms with van der Waals surface area (Å²) in [5.74, 6) is -1.00. The second-order valence-electron chi connectivity index (χ2n) is 5.88. The molecule has 0 aromatic rings. The Balaban J connectivity index is 0. The molecule has 0 saturated heterocycles. The summed E-state index contributed by atoms with van der Waals surface area (Å²) in [4.78, 5) is 13.0. The molecule has 0 aliphatic carbocycles. The van der Waals surface area contributed by atoms with Crippen LogP contribution in [-0.4, -0.2) is 30.0 Å². The Kier molecular flexibility index (Phi) is 21.2. The molecule has 0 aromatic heterocycles. The average molecular weight is 348 g/mol. The molecule has 4 heteroatoms. The number of aliphatic carboxylic acids is 1. The van der Waals surface area contributed by atoms with Crippen LogP contribution in [0, 0.1) is 0 Å². The topological polar surface area (TPSA) is 43.4 Å². The number of carbonyl (C=O) groups excluding carboxylic acids is 1. The molecule has 0 aliphatic heterocycles. The number of nitrogens with zero attached hydrogens (tertiary/aromatic N) is 1. The minimum atomic E-state index is -1.00. The number of hydrogen-bond donors (Lipinski definition) is 0. The molecule has 0 N–H and O–H groups in total. The van der Waals surface area contributed by atoms with Crippen LogP contribution in [0.1, 0.15) is 72.1 Å². The predicted molar refractivity (Wildman–Crippen MR) is 92.6 cm³/mol. The fourth-order valence-corrected chi connectivity index (χ4v) is 2.22. The largest absolute Gasteiger partial charge is 1.00 e. The van der Waals surface area contributed by atoms with E-state index in [4.69, 9.17) is 0 Å². The van der Waals surface area contributed by atoms with Crippen molar-refractivity contribution in [3.63, 3.8) is 0 Å². The fraction of sp³-hybridized carbons (Fsp3) is 0.737. The zero-order valence-electron chi connectivity index (χ0n) is 15.7. The fourth-order valence-electron chi connectivity index (χ4n) is 2.22. The van der Waals surface area contributed by atoms with E-state index in [0.717, 1.165) is 12.8 Å². The SMILES string of the molecule is CCCCC/C=C/CN(C/C=C/CCCCC)C(C)C(=O)[O-].[K+]. The predicted octanol–water partition coefficient (Wildman–Crippen LogP) is 0.704. The third-order valence-electron chi connectivity index (χ3n) is 3.85. The van der Waals surface area contributed by atoms with E-state index in [9.17, 15) is 9.90 Å². The van der Waals surface area contributed by atoms with Crippen LogP contribution >= 0.6 is 0 Å². The molecule has 0 saturated carbocycles. The molecule has 128 valence electrons. The summed E-state index contributed by atoms with van der Waals surface area (Å²) in [7, 11) is 0. The van der Waals surface area contributed by atoms with Gasteiger partial charge in [-0.25, -0.2) is 0 Å². The van der Waals surface area contributed by atoms with E-state index < -0.39 is 12.0 Å². The van der Waals surface area contributed by atoms with Crippen LogP contribution in [0.5, 0.6) is 0 Å². The first-order valence-corrected chi connectivity index (χ1v) is 8.88. The molecule has 0 fully saturated rings.